The van der Waals surface area contributed by atoms with Gasteiger partial charge in [-0.05, 0) is 35.2 Å². The first kappa shape index (κ1) is 13.8. The van der Waals surface area contributed by atoms with Gasteiger partial charge in [-0.1, -0.05) is 45.5 Å². The van der Waals surface area contributed by atoms with Crippen molar-refractivity contribution < 1.29 is 0 Å². The third kappa shape index (κ3) is 2.41. The zero-order valence-electron chi connectivity index (χ0n) is 11.1. The molecule has 108 valence electrons. The summed E-state index contributed by atoms with van der Waals surface area (Å²) in [6.45, 7) is 0. The second-order valence-corrected chi connectivity index (χ2v) is 7.45. The van der Waals surface area contributed by atoms with Crippen molar-refractivity contribution in [3.05, 3.63) is 66.7 Å². The summed E-state index contributed by atoms with van der Waals surface area (Å²) >= 11 is 6.34. The van der Waals surface area contributed by atoms with Crippen LogP contribution in [-0.4, -0.2) is 14.6 Å². The molecule has 1 aromatic carbocycles. The summed E-state index contributed by atoms with van der Waals surface area (Å²) in [5.74, 6) is 0.604. The number of rotatable bonds is 2. The number of benzene rings is 1. The van der Waals surface area contributed by atoms with Crippen LogP contribution in [0.4, 0.5) is 0 Å². The van der Waals surface area contributed by atoms with Crippen LogP contribution < -0.4 is 10.1 Å². The average Bonchev–Trinajstić information content (AvgIpc) is 3.18. The van der Waals surface area contributed by atoms with E-state index in [1.807, 2.05) is 47.9 Å². The van der Waals surface area contributed by atoms with Crippen molar-refractivity contribution in [1.82, 2.24) is 14.6 Å². The Hall–Kier alpha value is -1.83. The number of hydrogen-bond donors (Lipinski definition) is 0. The lowest BCUT2D eigenvalue weighted by Crippen LogP contribution is -2.23. The van der Waals surface area contributed by atoms with Gasteiger partial charge < -0.3 is 0 Å². The van der Waals surface area contributed by atoms with Gasteiger partial charge in [-0.3, -0.25) is 4.79 Å². The topological polar surface area (TPSA) is 47.3 Å². The molecule has 4 rings (SSSR count). The second-order valence-electron chi connectivity index (χ2n) is 4.58. The molecule has 0 saturated heterocycles. The van der Waals surface area contributed by atoms with Gasteiger partial charge in [0.05, 0.1) is 9.41 Å². The maximum absolute atomic E-state index is 12.4. The van der Waals surface area contributed by atoms with Gasteiger partial charge >= 0.3 is 0 Å². The monoisotopic (exact) mass is 389 g/mol. The minimum absolute atomic E-state index is 0.129. The number of nitrogens with zero attached hydrogens (tertiary/aromatic N) is 3. The summed E-state index contributed by atoms with van der Waals surface area (Å²) in [5.41, 5.74) is 0.838. The van der Waals surface area contributed by atoms with Crippen molar-refractivity contribution in [2.75, 3.05) is 0 Å². The Bertz CT molecular complexity index is 1070. The summed E-state index contributed by atoms with van der Waals surface area (Å²) < 4.78 is 2.99. The van der Waals surface area contributed by atoms with Crippen molar-refractivity contribution in [1.29, 1.82) is 0 Å². The van der Waals surface area contributed by atoms with Crippen LogP contribution >= 0.6 is 38.6 Å². The second kappa shape index (κ2) is 5.42. The smallest absolute Gasteiger partial charge is 0.266 e. The largest absolute Gasteiger partial charge is 0.291 e. The molecule has 0 saturated carbocycles. The maximum Gasteiger partial charge on any atom is 0.291 e. The van der Waals surface area contributed by atoms with Crippen molar-refractivity contribution in [3.8, 4) is 10.7 Å². The first-order valence-corrected chi connectivity index (χ1v) is 8.90. The Labute approximate surface area is 141 Å². The van der Waals surface area contributed by atoms with Gasteiger partial charge in [0.1, 0.15) is 0 Å². The molecule has 0 fully saturated rings. The Morgan fingerprint density at radius 3 is 2.86 bits per heavy atom. The van der Waals surface area contributed by atoms with Crippen LogP contribution in [0.3, 0.4) is 0 Å². The zero-order valence-corrected chi connectivity index (χ0v) is 14.3. The highest BCUT2D eigenvalue weighted by Crippen LogP contribution is 2.21. The summed E-state index contributed by atoms with van der Waals surface area (Å²) in [6.07, 6.45) is 1.86. The SMILES string of the molecule is O=c1/c(=C/c2cccc(Br)c2)sc2nc(-c3cccs3)nn12. The molecular formula is C15H8BrN3OS2. The number of hydrogen-bond acceptors (Lipinski definition) is 5. The lowest BCUT2D eigenvalue weighted by molar-refractivity contribution is 0.938. The Kier molecular flexibility index (Phi) is 3.40. The molecule has 0 radical (unpaired) electrons. The number of fused-ring (bicyclic) bond motifs is 1. The molecular weight excluding hydrogens is 382 g/mol. The standard InChI is InChI=1S/C15H8BrN3OS2/c16-10-4-1-3-9(7-10)8-12-14(20)19-15(22-12)17-13(18-19)11-5-2-6-21-11/h1-8H/b12-8-. The van der Waals surface area contributed by atoms with E-state index in [1.165, 1.54) is 15.9 Å². The van der Waals surface area contributed by atoms with Crippen LogP contribution in [0.25, 0.3) is 21.7 Å². The van der Waals surface area contributed by atoms with Gasteiger partial charge in [-0.15, -0.1) is 16.4 Å². The fourth-order valence-electron chi connectivity index (χ4n) is 2.09. The van der Waals surface area contributed by atoms with E-state index in [1.54, 1.807) is 11.3 Å². The van der Waals surface area contributed by atoms with E-state index in [9.17, 15) is 4.79 Å². The zero-order chi connectivity index (χ0) is 15.1. The third-order valence-corrected chi connectivity index (χ3v) is 5.39. The molecule has 0 aliphatic rings. The molecule has 0 unspecified atom stereocenters. The highest BCUT2D eigenvalue weighted by atomic mass is 79.9. The van der Waals surface area contributed by atoms with E-state index < -0.39 is 0 Å². The van der Waals surface area contributed by atoms with Crippen molar-refractivity contribution in [2.45, 2.75) is 0 Å². The minimum atomic E-state index is -0.129. The fraction of sp³-hybridized carbons (Fsp3) is 0. The number of aromatic nitrogens is 3. The normalized spacial score (nSPS) is 12.3. The number of halogens is 1. The van der Waals surface area contributed by atoms with Gasteiger partial charge in [-0.2, -0.15) is 9.50 Å². The molecule has 3 heterocycles. The Morgan fingerprint density at radius 1 is 1.23 bits per heavy atom. The predicted molar refractivity (Wildman–Crippen MR) is 93.4 cm³/mol. The van der Waals surface area contributed by atoms with Crippen molar-refractivity contribution >= 4 is 49.6 Å². The molecule has 0 amide bonds. The number of thiazole rings is 1. The van der Waals surface area contributed by atoms with Crippen molar-refractivity contribution in [3.63, 3.8) is 0 Å². The molecule has 7 heteroatoms. The van der Waals surface area contributed by atoms with Crippen LogP contribution in [0.15, 0.2) is 51.0 Å². The molecule has 0 aliphatic heterocycles. The highest BCUT2D eigenvalue weighted by Gasteiger charge is 2.12. The minimum Gasteiger partial charge on any atom is -0.266 e. The number of thiophene rings is 1. The lowest BCUT2D eigenvalue weighted by Gasteiger charge is -1.92. The lowest BCUT2D eigenvalue weighted by atomic mass is 10.2. The van der Waals surface area contributed by atoms with Gasteiger partial charge in [0, 0.05) is 4.47 Å². The van der Waals surface area contributed by atoms with Crippen LogP contribution in [0.5, 0.6) is 0 Å². The first-order valence-electron chi connectivity index (χ1n) is 6.41. The molecule has 0 N–H and O–H groups in total. The summed E-state index contributed by atoms with van der Waals surface area (Å²) in [7, 11) is 0. The van der Waals surface area contributed by atoms with Gasteiger partial charge in [0.15, 0.2) is 5.82 Å². The Morgan fingerprint density at radius 2 is 2.14 bits per heavy atom. The van der Waals surface area contributed by atoms with E-state index >= 15 is 0 Å². The quantitative estimate of drug-likeness (QED) is 0.528. The van der Waals surface area contributed by atoms with Crippen LogP contribution in [0, 0.1) is 0 Å². The van der Waals surface area contributed by atoms with Gasteiger partial charge in [-0.25, -0.2) is 0 Å². The maximum atomic E-state index is 12.4. The summed E-state index contributed by atoms with van der Waals surface area (Å²) in [5, 5.41) is 6.29. The molecule has 3 aromatic heterocycles. The first-order chi connectivity index (χ1) is 10.7. The van der Waals surface area contributed by atoms with Crippen molar-refractivity contribution in [2.24, 2.45) is 0 Å². The molecule has 0 spiro atoms. The highest BCUT2D eigenvalue weighted by molar-refractivity contribution is 9.10. The molecule has 4 nitrogen and oxygen atoms in total. The van der Waals surface area contributed by atoms with E-state index in [0.29, 0.717) is 15.3 Å². The van der Waals surface area contributed by atoms with Crippen LogP contribution in [0.2, 0.25) is 0 Å². The third-order valence-electron chi connectivity index (χ3n) is 3.07. The van der Waals surface area contributed by atoms with Crippen LogP contribution in [0.1, 0.15) is 5.56 Å². The van der Waals surface area contributed by atoms with Crippen LogP contribution in [-0.2, 0) is 0 Å². The van der Waals surface area contributed by atoms with E-state index in [2.05, 4.69) is 26.0 Å². The fourth-order valence-corrected chi connectivity index (χ4v) is 4.07. The molecule has 22 heavy (non-hydrogen) atoms. The molecule has 0 atom stereocenters. The summed E-state index contributed by atoms with van der Waals surface area (Å²) in [6, 6.07) is 11.7. The van der Waals surface area contributed by atoms with E-state index in [-0.39, 0.29) is 5.56 Å². The predicted octanol–water partition coefficient (Wildman–Crippen LogP) is 3.19. The molecule has 4 aromatic rings. The molecule has 0 bridgehead atoms. The van der Waals surface area contributed by atoms with E-state index in [4.69, 9.17) is 0 Å². The summed E-state index contributed by atoms with van der Waals surface area (Å²) in [4.78, 5) is 18.5. The Balaban J connectivity index is 1.86. The average molecular weight is 390 g/mol. The van der Waals surface area contributed by atoms with Gasteiger partial charge in [0.2, 0.25) is 4.96 Å². The van der Waals surface area contributed by atoms with E-state index in [0.717, 1.165) is 14.9 Å². The van der Waals surface area contributed by atoms with Gasteiger partial charge in [0.25, 0.3) is 5.56 Å². The molecule has 0 aliphatic carbocycles.